The molecule has 0 amide bonds. The van der Waals surface area contributed by atoms with Gasteiger partial charge in [0, 0.05) is 0 Å². The Balaban J connectivity index is 2.67. The zero-order chi connectivity index (χ0) is 6.15. The fourth-order valence-electron chi connectivity index (χ4n) is 0.835. The Bertz CT molecular complexity index is 149. The topological polar surface area (TPSA) is 0 Å². The molecule has 0 aliphatic heterocycles. The summed E-state index contributed by atoms with van der Waals surface area (Å²) in [7, 11) is 0. The molecular formula is C8H12. The molecule has 1 saturated carbocycles. The Morgan fingerprint density at radius 1 is 1.75 bits per heavy atom. The summed E-state index contributed by atoms with van der Waals surface area (Å²) < 4.78 is 0. The first kappa shape index (κ1) is 5.61. The minimum atomic E-state index is 1.18. The van der Waals surface area contributed by atoms with E-state index in [1.165, 1.54) is 29.6 Å². The molecule has 1 aliphatic rings. The van der Waals surface area contributed by atoms with Gasteiger partial charge in [0.1, 0.15) is 0 Å². The molecule has 0 nitrogen and oxygen atoms in total. The average molecular weight is 108 g/mol. The summed E-state index contributed by atoms with van der Waals surface area (Å²) in [6.45, 7) is 8.24. The van der Waals surface area contributed by atoms with Gasteiger partial charge in [-0.15, -0.1) is 0 Å². The second kappa shape index (κ2) is 1.77. The molecule has 0 aromatic carbocycles. The molecule has 1 rings (SSSR count). The molecule has 0 spiro atoms. The van der Waals surface area contributed by atoms with Crippen LogP contribution in [0.4, 0.5) is 0 Å². The van der Waals surface area contributed by atoms with Crippen LogP contribution in [0.3, 0.4) is 0 Å². The van der Waals surface area contributed by atoms with Crippen LogP contribution in [0.25, 0.3) is 0 Å². The summed E-state index contributed by atoms with van der Waals surface area (Å²) >= 11 is 0. The van der Waals surface area contributed by atoms with Crippen molar-refractivity contribution in [3.8, 4) is 0 Å². The number of allylic oxidation sites excluding steroid dienone is 3. The zero-order valence-corrected chi connectivity index (χ0v) is 5.62. The maximum atomic E-state index is 3.86. The smallest absolute Gasteiger partial charge is 0.00267 e. The lowest BCUT2D eigenvalue weighted by Crippen LogP contribution is -1.66. The fourth-order valence-corrected chi connectivity index (χ4v) is 0.835. The maximum absolute atomic E-state index is 3.86. The molecule has 8 heavy (non-hydrogen) atoms. The van der Waals surface area contributed by atoms with Gasteiger partial charge in [0.2, 0.25) is 0 Å². The minimum absolute atomic E-state index is 1.18. The van der Waals surface area contributed by atoms with E-state index < -0.39 is 0 Å². The maximum Gasteiger partial charge on any atom is -0.00267 e. The summed E-state index contributed by atoms with van der Waals surface area (Å²) in [5.41, 5.74) is 4.40. The molecular weight excluding hydrogens is 96.1 g/mol. The van der Waals surface area contributed by atoms with Crippen LogP contribution in [-0.4, -0.2) is 0 Å². The first-order chi connectivity index (χ1) is 3.75. The van der Waals surface area contributed by atoms with E-state index in [-0.39, 0.29) is 0 Å². The molecule has 1 fully saturated rings. The van der Waals surface area contributed by atoms with Gasteiger partial charge in [0.05, 0.1) is 0 Å². The molecule has 0 heterocycles. The summed E-state index contributed by atoms with van der Waals surface area (Å²) in [4.78, 5) is 0. The van der Waals surface area contributed by atoms with Crippen molar-refractivity contribution < 1.29 is 0 Å². The largest absolute Gasteiger partial charge is 0.0952 e. The average Bonchev–Trinajstić information content (AvgIpc) is 2.45. The van der Waals surface area contributed by atoms with Gasteiger partial charge in [-0.25, -0.2) is 0 Å². The standard InChI is InChI=1S/C8H12/c1-4-6(2)8-5-7(8)3/h3-5H2,1-2H3. The van der Waals surface area contributed by atoms with E-state index in [1.54, 1.807) is 0 Å². The van der Waals surface area contributed by atoms with Crippen LogP contribution in [0.5, 0.6) is 0 Å². The van der Waals surface area contributed by atoms with Crippen LogP contribution in [0.1, 0.15) is 26.7 Å². The minimum Gasteiger partial charge on any atom is -0.0952 e. The lowest BCUT2D eigenvalue weighted by atomic mass is 10.2. The van der Waals surface area contributed by atoms with Gasteiger partial charge in [-0.3, -0.25) is 0 Å². The van der Waals surface area contributed by atoms with Gasteiger partial charge >= 0.3 is 0 Å². The monoisotopic (exact) mass is 108 g/mol. The van der Waals surface area contributed by atoms with Crippen LogP contribution < -0.4 is 0 Å². The van der Waals surface area contributed by atoms with E-state index in [2.05, 4.69) is 20.4 Å². The second-order valence-electron chi connectivity index (χ2n) is 2.39. The van der Waals surface area contributed by atoms with Gasteiger partial charge in [-0.2, -0.15) is 0 Å². The third-order valence-corrected chi connectivity index (χ3v) is 1.74. The van der Waals surface area contributed by atoms with Crippen molar-refractivity contribution in [2.75, 3.05) is 0 Å². The van der Waals surface area contributed by atoms with Crippen molar-refractivity contribution in [1.82, 2.24) is 0 Å². The van der Waals surface area contributed by atoms with Crippen LogP contribution in [0.15, 0.2) is 23.3 Å². The first-order valence-corrected chi connectivity index (χ1v) is 3.12. The lowest BCUT2D eigenvalue weighted by molar-refractivity contribution is 1.09. The van der Waals surface area contributed by atoms with Gasteiger partial charge in [-0.1, -0.05) is 19.1 Å². The Morgan fingerprint density at radius 3 is 2.38 bits per heavy atom. The van der Waals surface area contributed by atoms with E-state index in [0.29, 0.717) is 0 Å². The third kappa shape index (κ3) is 0.835. The normalized spacial score (nSPS) is 23.5. The quantitative estimate of drug-likeness (QED) is 0.484. The van der Waals surface area contributed by atoms with Crippen molar-refractivity contribution >= 4 is 0 Å². The van der Waals surface area contributed by atoms with E-state index >= 15 is 0 Å². The highest BCUT2D eigenvalue weighted by atomic mass is 14.2. The number of rotatable bonds is 1. The molecule has 0 aromatic rings. The SMILES string of the molecule is C=C1CC1=C(C)CC. The van der Waals surface area contributed by atoms with Crippen LogP contribution in [-0.2, 0) is 0 Å². The predicted molar refractivity (Wildman–Crippen MR) is 36.7 cm³/mol. The Kier molecular flexibility index (Phi) is 1.24. The van der Waals surface area contributed by atoms with Crippen molar-refractivity contribution in [3.63, 3.8) is 0 Å². The first-order valence-electron chi connectivity index (χ1n) is 3.12. The molecule has 0 N–H and O–H groups in total. The summed E-state index contributed by atoms with van der Waals surface area (Å²) in [5, 5.41) is 0. The van der Waals surface area contributed by atoms with Gasteiger partial charge in [0.15, 0.2) is 0 Å². The molecule has 1 aliphatic carbocycles. The van der Waals surface area contributed by atoms with E-state index in [9.17, 15) is 0 Å². The van der Waals surface area contributed by atoms with Crippen molar-refractivity contribution in [2.45, 2.75) is 26.7 Å². The number of hydrogen-bond acceptors (Lipinski definition) is 0. The predicted octanol–water partition coefficient (Wildman–Crippen LogP) is 2.67. The highest BCUT2D eigenvalue weighted by Crippen LogP contribution is 2.38. The fraction of sp³-hybridized carbons (Fsp3) is 0.500. The molecule has 0 unspecified atom stereocenters. The molecule has 0 atom stereocenters. The summed E-state index contributed by atoms with van der Waals surface area (Å²) in [5.74, 6) is 0. The highest BCUT2D eigenvalue weighted by molar-refractivity contribution is 5.50. The molecule has 0 radical (unpaired) electrons. The Labute approximate surface area is 50.9 Å². The lowest BCUT2D eigenvalue weighted by Gasteiger charge is -1.87. The van der Waals surface area contributed by atoms with Crippen molar-refractivity contribution in [2.24, 2.45) is 0 Å². The van der Waals surface area contributed by atoms with Gasteiger partial charge in [-0.05, 0) is 30.9 Å². The van der Waals surface area contributed by atoms with Crippen LogP contribution in [0.2, 0.25) is 0 Å². The van der Waals surface area contributed by atoms with Crippen LogP contribution >= 0.6 is 0 Å². The molecule has 0 heteroatoms. The molecule has 44 valence electrons. The Morgan fingerprint density at radius 2 is 2.25 bits per heavy atom. The summed E-state index contributed by atoms with van der Waals surface area (Å²) in [6.07, 6.45) is 2.37. The molecule has 0 saturated heterocycles. The van der Waals surface area contributed by atoms with E-state index in [1.807, 2.05) is 0 Å². The van der Waals surface area contributed by atoms with Crippen molar-refractivity contribution in [3.05, 3.63) is 23.3 Å². The van der Waals surface area contributed by atoms with Gasteiger partial charge in [0.25, 0.3) is 0 Å². The number of hydrogen-bond donors (Lipinski definition) is 0. The zero-order valence-electron chi connectivity index (χ0n) is 5.62. The summed E-state index contributed by atoms with van der Waals surface area (Å²) in [6, 6.07) is 0. The highest BCUT2D eigenvalue weighted by Gasteiger charge is 2.19. The van der Waals surface area contributed by atoms with E-state index in [4.69, 9.17) is 0 Å². The molecule has 0 aromatic heterocycles. The Hall–Kier alpha value is -0.520. The second-order valence-corrected chi connectivity index (χ2v) is 2.39. The van der Waals surface area contributed by atoms with Crippen molar-refractivity contribution in [1.29, 1.82) is 0 Å². The van der Waals surface area contributed by atoms with Gasteiger partial charge < -0.3 is 0 Å². The van der Waals surface area contributed by atoms with Crippen LogP contribution in [0, 0.1) is 0 Å². The third-order valence-electron chi connectivity index (χ3n) is 1.74. The van der Waals surface area contributed by atoms with E-state index in [0.717, 1.165) is 0 Å². The molecule has 0 bridgehead atoms.